The Balaban J connectivity index is 1.83. The van der Waals surface area contributed by atoms with Crippen LogP contribution in [0.4, 0.5) is 4.39 Å². The Bertz CT molecular complexity index is 869. The summed E-state index contributed by atoms with van der Waals surface area (Å²) in [4.78, 5) is 53.7. The zero-order valence-electron chi connectivity index (χ0n) is 17.8. The standard InChI is InChI=1S/C23H29FN2O4/c1-15(2)10-19(27)16-6-5-9-26(14-16)21(29)13-23(12-20(28)25(3)22(23)30)17-7-4-8-18(24)11-17/h4,7-8,11,15-16H,5-6,9-10,12-14H2,1-3H3. The molecule has 2 heterocycles. The molecule has 162 valence electrons. The first-order valence-electron chi connectivity index (χ1n) is 10.5. The first-order chi connectivity index (χ1) is 14.1. The van der Waals surface area contributed by atoms with Gasteiger partial charge in [-0.15, -0.1) is 0 Å². The summed E-state index contributed by atoms with van der Waals surface area (Å²) >= 11 is 0. The van der Waals surface area contributed by atoms with E-state index in [0.29, 0.717) is 25.1 Å². The van der Waals surface area contributed by atoms with E-state index in [1.165, 1.54) is 25.2 Å². The van der Waals surface area contributed by atoms with Crippen LogP contribution in [0.5, 0.6) is 0 Å². The molecule has 0 spiro atoms. The predicted octanol–water partition coefficient (Wildman–Crippen LogP) is 2.70. The number of carbonyl (C=O) groups is 4. The lowest BCUT2D eigenvalue weighted by Crippen LogP contribution is -2.47. The summed E-state index contributed by atoms with van der Waals surface area (Å²) in [7, 11) is 1.39. The minimum atomic E-state index is -1.40. The maximum Gasteiger partial charge on any atom is 0.240 e. The van der Waals surface area contributed by atoms with Gasteiger partial charge in [0.05, 0.1) is 5.41 Å². The summed E-state index contributed by atoms with van der Waals surface area (Å²) in [5.41, 5.74) is -1.07. The van der Waals surface area contributed by atoms with Crippen molar-refractivity contribution in [3.63, 3.8) is 0 Å². The summed E-state index contributed by atoms with van der Waals surface area (Å²) in [5.74, 6) is -1.45. The second-order valence-electron chi connectivity index (χ2n) is 8.95. The number of halogens is 1. The van der Waals surface area contributed by atoms with Crippen LogP contribution in [0.3, 0.4) is 0 Å². The van der Waals surface area contributed by atoms with E-state index >= 15 is 0 Å². The number of hydrogen-bond donors (Lipinski definition) is 0. The first-order valence-corrected chi connectivity index (χ1v) is 10.5. The fourth-order valence-electron chi connectivity index (χ4n) is 4.54. The molecule has 0 aliphatic carbocycles. The van der Waals surface area contributed by atoms with E-state index in [-0.39, 0.29) is 42.3 Å². The second kappa shape index (κ2) is 8.66. The summed E-state index contributed by atoms with van der Waals surface area (Å²) in [6.07, 6.45) is 1.58. The van der Waals surface area contributed by atoms with Crippen molar-refractivity contribution in [1.82, 2.24) is 9.80 Å². The van der Waals surface area contributed by atoms with Gasteiger partial charge < -0.3 is 4.90 Å². The van der Waals surface area contributed by atoms with Crippen molar-refractivity contribution < 1.29 is 23.6 Å². The highest BCUT2D eigenvalue weighted by Gasteiger charge is 2.53. The van der Waals surface area contributed by atoms with Crippen molar-refractivity contribution in [3.8, 4) is 0 Å². The van der Waals surface area contributed by atoms with Crippen LogP contribution in [0, 0.1) is 17.7 Å². The average Bonchev–Trinajstić information content (AvgIpc) is 2.92. The maximum absolute atomic E-state index is 13.9. The highest BCUT2D eigenvalue weighted by molar-refractivity contribution is 6.10. The minimum absolute atomic E-state index is 0.161. The van der Waals surface area contributed by atoms with Crippen molar-refractivity contribution in [2.24, 2.45) is 11.8 Å². The van der Waals surface area contributed by atoms with E-state index in [0.717, 1.165) is 17.7 Å². The first kappa shape index (κ1) is 22.1. The second-order valence-corrected chi connectivity index (χ2v) is 8.95. The number of hydrogen-bond acceptors (Lipinski definition) is 4. The molecule has 2 saturated heterocycles. The number of likely N-dealkylation sites (tertiary alicyclic amines) is 2. The van der Waals surface area contributed by atoms with Crippen LogP contribution < -0.4 is 0 Å². The molecule has 6 nitrogen and oxygen atoms in total. The SMILES string of the molecule is CC(C)CC(=O)C1CCCN(C(=O)CC2(c3cccc(F)c3)CC(=O)N(C)C2=O)C1. The van der Waals surface area contributed by atoms with Crippen molar-refractivity contribution >= 4 is 23.5 Å². The maximum atomic E-state index is 13.9. The van der Waals surface area contributed by atoms with Crippen LogP contribution in [0.25, 0.3) is 0 Å². The molecule has 0 radical (unpaired) electrons. The smallest absolute Gasteiger partial charge is 0.240 e. The van der Waals surface area contributed by atoms with E-state index in [4.69, 9.17) is 0 Å². The summed E-state index contributed by atoms with van der Waals surface area (Å²) in [5, 5.41) is 0. The van der Waals surface area contributed by atoms with E-state index in [9.17, 15) is 23.6 Å². The Kier molecular flexibility index (Phi) is 6.38. The van der Waals surface area contributed by atoms with Crippen LogP contribution in [0.2, 0.25) is 0 Å². The van der Waals surface area contributed by atoms with Gasteiger partial charge in [-0.3, -0.25) is 24.1 Å². The molecule has 3 rings (SSSR count). The van der Waals surface area contributed by atoms with E-state index in [1.807, 2.05) is 13.8 Å². The zero-order valence-corrected chi connectivity index (χ0v) is 17.8. The van der Waals surface area contributed by atoms with Gasteiger partial charge in [0.15, 0.2) is 0 Å². The summed E-state index contributed by atoms with van der Waals surface area (Å²) < 4.78 is 13.9. The minimum Gasteiger partial charge on any atom is -0.342 e. The number of rotatable bonds is 6. The van der Waals surface area contributed by atoms with E-state index in [1.54, 1.807) is 11.0 Å². The lowest BCUT2D eigenvalue weighted by atomic mass is 9.75. The van der Waals surface area contributed by atoms with Crippen LogP contribution in [-0.4, -0.2) is 53.4 Å². The number of imide groups is 1. The van der Waals surface area contributed by atoms with Gasteiger partial charge in [-0.2, -0.15) is 0 Å². The van der Waals surface area contributed by atoms with Gasteiger partial charge in [-0.05, 0) is 36.5 Å². The average molecular weight is 416 g/mol. The number of ketones is 1. The number of benzene rings is 1. The van der Waals surface area contributed by atoms with Crippen LogP contribution in [-0.2, 0) is 24.6 Å². The monoisotopic (exact) mass is 416 g/mol. The number of nitrogens with zero attached hydrogens (tertiary/aromatic N) is 2. The normalized spacial score (nSPS) is 24.6. The molecule has 2 aliphatic heterocycles. The molecule has 0 bridgehead atoms. The van der Waals surface area contributed by atoms with Crippen molar-refractivity contribution in [3.05, 3.63) is 35.6 Å². The summed E-state index contributed by atoms with van der Waals surface area (Å²) in [6, 6.07) is 5.56. The van der Waals surface area contributed by atoms with Crippen LogP contribution in [0.15, 0.2) is 24.3 Å². The molecule has 0 aromatic heterocycles. The number of Topliss-reactive ketones (excluding diaryl/α,β-unsaturated/α-hetero) is 1. The van der Waals surface area contributed by atoms with Gasteiger partial charge >= 0.3 is 0 Å². The molecule has 2 aliphatic rings. The van der Waals surface area contributed by atoms with Gasteiger partial charge in [0, 0.05) is 45.3 Å². The molecule has 2 unspecified atom stereocenters. The van der Waals surface area contributed by atoms with E-state index < -0.39 is 17.1 Å². The van der Waals surface area contributed by atoms with Crippen molar-refractivity contribution in [2.45, 2.75) is 51.4 Å². The third kappa shape index (κ3) is 4.30. The number of carbonyl (C=O) groups excluding carboxylic acids is 4. The molecule has 0 saturated carbocycles. The Labute approximate surface area is 176 Å². The molecule has 2 fully saturated rings. The topological polar surface area (TPSA) is 74.8 Å². The number of piperidine rings is 1. The Morgan fingerprint density at radius 1 is 1.27 bits per heavy atom. The van der Waals surface area contributed by atoms with Crippen molar-refractivity contribution in [1.29, 1.82) is 0 Å². The third-order valence-electron chi connectivity index (χ3n) is 6.21. The molecule has 3 amide bonds. The molecule has 1 aromatic carbocycles. The highest BCUT2D eigenvalue weighted by Crippen LogP contribution is 2.40. The van der Waals surface area contributed by atoms with Gasteiger partial charge in [-0.1, -0.05) is 26.0 Å². The molecule has 7 heteroatoms. The lowest BCUT2D eigenvalue weighted by molar-refractivity contribution is -0.143. The molecular weight excluding hydrogens is 387 g/mol. The molecule has 1 aromatic rings. The molecule has 0 N–H and O–H groups in total. The van der Waals surface area contributed by atoms with E-state index in [2.05, 4.69) is 0 Å². The third-order valence-corrected chi connectivity index (χ3v) is 6.21. The fourth-order valence-corrected chi connectivity index (χ4v) is 4.54. The Hall–Kier alpha value is -2.57. The fraction of sp³-hybridized carbons (Fsp3) is 0.565. The van der Waals surface area contributed by atoms with Gasteiger partial charge in [0.2, 0.25) is 17.7 Å². The molecule has 2 atom stereocenters. The van der Waals surface area contributed by atoms with Gasteiger partial charge in [-0.25, -0.2) is 4.39 Å². The van der Waals surface area contributed by atoms with Crippen molar-refractivity contribution in [2.75, 3.05) is 20.1 Å². The summed E-state index contributed by atoms with van der Waals surface area (Å²) in [6.45, 7) is 4.83. The lowest BCUT2D eigenvalue weighted by Gasteiger charge is -2.35. The zero-order chi connectivity index (χ0) is 22.1. The number of likely N-dealkylation sites (N-methyl/N-ethyl adjacent to an activating group) is 1. The molecule has 30 heavy (non-hydrogen) atoms. The van der Waals surface area contributed by atoms with Crippen LogP contribution in [0.1, 0.15) is 51.5 Å². The molecular formula is C23H29FN2O4. The van der Waals surface area contributed by atoms with Gasteiger partial charge in [0.25, 0.3) is 0 Å². The predicted molar refractivity (Wildman–Crippen MR) is 109 cm³/mol. The van der Waals surface area contributed by atoms with Crippen LogP contribution >= 0.6 is 0 Å². The quantitative estimate of drug-likeness (QED) is 0.669. The highest BCUT2D eigenvalue weighted by atomic mass is 19.1. The number of amides is 3. The Morgan fingerprint density at radius 2 is 2.00 bits per heavy atom. The van der Waals surface area contributed by atoms with Gasteiger partial charge in [0.1, 0.15) is 11.6 Å². The Morgan fingerprint density at radius 3 is 2.60 bits per heavy atom. The largest absolute Gasteiger partial charge is 0.342 e.